The number of nitrogens with one attached hydrogen (secondary N) is 1. The van der Waals surface area contributed by atoms with Crippen LogP contribution in [0.25, 0.3) is 0 Å². The SMILES string of the molecule is CCC[C@H](c1ccc(C(=O)NCCC(=O)O)cc1)N1C(=O)C(c2cccc(Cl)c2)=NC12CCC(C(C)(C)C)CC2. The van der Waals surface area contributed by atoms with Crippen LogP contribution in [0.5, 0.6) is 0 Å². The molecule has 214 valence electrons. The monoisotopic (exact) mass is 565 g/mol. The van der Waals surface area contributed by atoms with Crippen molar-refractivity contribution in [2.75, 3.05) is 6.54 Å². The van der Waals surface area contributed by atoms with Gasteiger partial charge in [-0.25, -0.2) is 0 Å². The van der Waals surface area contributed by atoms with Gasteiger partial charge in [0.2, 0.25) is 0 Å². The van der Waals surface area contributed by atoms with Crippen molar-refractivity contribution in [2.45, 2.75) is 84.3 Å². The molecule has 2 aliphatic rings. The van der Waals surface area contributed by atoms with E-state index in [9.17, 15) is 14.4 Å². The number of nitrogens with zero attached hydrogens (tertiary/aromatic N) is 2. The Bertz CT molecular complexity index is 1270. The fraction of sp³-hybridized carbons (Fsp3) is 0.500. The van der Waals surface area contributed by atoms with Gasteiger partial charge < -0.3 is 15.3 Å². The molecule has 1 fully saturated rings. The van der Waals surface area contributed by atoms with Crippen LogP contribution in [0.1, 0.15) is 100 Å². The lowest BCUT2D eigenvalue weighted by Crippen LogP contribution is -2.51. The molecule has 1 spiro atoms. The molecule has 1 saturated carbocycles. The van der Waals surface area contributed by atoms with Gasteiger partial charge in [-0.15, -0.1) is 0 Å². The molecule has 2 amide bonds. The third-order valence-corrected chi connectivity index (χ3v) is 8.59. The summed E-state index contributed by atoms with van der Waals surface area (Å²) in [5, 5.41) is 12.0. The fourth-order valence-corrected chi connectivity index (χ4v) is 6.32. The first-order chi connectivity index (χ1) is 18.9. The molecule has 1 heterocycles. The molecule has 1 aliphatic heterocycles. The zero-order valence-electron chi connectivity index (χ0n) is 23.9. The van der Waals surface area contributed by atoms with E-state index in [1.807, 2.05) is 35.2 Å². The van der Waals surface area contributed by atoms with Gasteiger partial charge in [-0.2, -0.15) is 0 Å². The second-order valence-corrected chi connectivity index (χ2v) is 12.5. The van der Waals surface area contributed by atoms with E-state index in [1.54, 1.807) is 18.2 Å². The molecule has 1 atom stereocenters. The van der Waals surface area contributed by atoms with Gasteiger partial charge in [-0.3, -0.25) is 19.4 Å². The maximum Gasteiger partial charge on any atom is 0.305 e. The number of carboxylic acid groups (broad SMARTS) is 1. The molecule has 0 saturated heterocycles. The van der Waals surface area contributed by atoms with Crippen LogP contribution in [0.3, 0.4) is 0 Å². The van der Waals surface area contributed by atoms with Crippen LogP contribution in [0.15, 0.2) is 53.5 Å². The molecule has 40 heavy (non-hydrogen) atoms. The van der Waals surface area contributed by atoms with E-state index in [-0.39, 0.29) is 36.2 Å². The predicted molar refractivity (Wildman–Crippen MR) is 158 cm³/mol. The molecule has 2 N–H and O–H groups in total. The van der Waals surface area contributed by atoms with Crippen molar-refractivity contribution in [3.63, 3.8) is 0 Å². The number of hydrogen-bond donors (Lipinski definition) is 2. The molecule has 1 aliphatic carbocycles. The number of aliphatic imine (C=N–C) groups is 1. The molecule has 0 aromatic heterocycles. The largest absolute Gasteiger partial charge is 0.481 e. The van der Waals surface area contributed by atoms with Gasteiger partial charge in [-0.05, 0) is 73.3 Å². The Kier molecular flexibility index (Phi) is 9.03. The quantitative estimate of drug-likeness (QED) is 0.355. The summed E-state index contributed by atoms with van der Waals surface area (Å²) in [6, 6.07) is 14.5. The minimum atomic E-state index is -0.960. The molecule has 0 unspecified atom stereocenters. The van der Waals surface area contributed by atoms with Crippen molar-refractivity contribution >= 4 is 35.1 Å². The van der Waals surface area contributed by atoms with E-state index in [1.165, 1.54) is 0 Å². The van der Waals surface area contributed by atoms with Gasteiger partial charge in [0.05, 0.1) is 12.5 Å². The maximum atomic E-state index is 14.2. The lowest BCUT2D eigenvalue weighted by atomic mass is 9.69. The van der Waals surface area contributed by atoms with Crippen LogP contribution < -0.4 is 5.32 Å². The zero-order valence-corrected chi connectivity index (χ0v) is 24.6. The number of hydrogen-bond acceptors (Lipinski definition) is 4. The standard InChI is InChI=1S/C32H40ClN3O4/c1-5-7-26(21-10-12-22(13-11-21)29(39)34-19-16-27(37)38)36-30(40)28(23-8-6-9-25(33)20-23)35-32(36)17-14-24(15-18-32)31(2,3)4/h6,8-13,20,24,26H,5,7,14-19H2,1-4H3,(H,34,39)(H,37,38)/t24?,26-,32?/m1/s1. The van der Waals surface area contributed by atoms with Gasteiger partial charge in [0, 0.05) is 22.7 Å². The Labute approximate surface area is 242 Å². The number of benzene rings is 2. The molecule has 7 nitrogen and oxygen atoms in total. The van der Waals surface area contributed by atoms with Crippen molar-refractivity contribution in [3.8, 4) is 0 Å². The smallest absolute Gasteiger partial charge is 0.305 e. The summed E-state index contributed by atoms with van der Waals surface area (Å²) < 4.78 is 0. The molecule has 0 radical (unpaired) electrons. The van der Waals surface area contributed by atoms with E-state index >= 15 is 0 Å². The fourth-order valence-electron chi connectivity index (χ4n) is 6.13. The minimum Gasteiger partial charge on any atom is -0.481 e. The predicted octanol–water partition coefficient (Wildman–Crippen LogP) is 6.65. The Balaban J connectivity index is 1.67. The molecule has 4 rings (SSSR count). The van der Waals surface area contributed by atoms with Gasteiger partial charge in [0.1, 0.15) is 11.4 Å². The van der Waals surface area contributed by atoms with Crippen molar-refractivity contribution < 1.29 is 19.5 Å². The van der Waals surface area contributed by atoms with Crippen LogP contribution in [-0.2, 0) is 9.59 Å². The second-order valence-electron chi connectivity index (χ2n) is 12.1. The van der Waals surface area contributed by atoms with Crippen LogP contribution in [0.2, 0.25) is 5.02 Å². The van der Waals surface area contributed by atoms with Gasteiger partial charge in [-0.1, -0.05) is 70.0 Å². The molecular formula is C32H40ClN3O4. The number of aliphatic carboxylic acids is 1. The Hall–Kier alpha value is -3.19. The van der Waals surface area contributed by atoms with Crippen LogP contribution in [-0.4, -0.2) is 45.7 Å². The summed E-state index contributed by atoms with van der Waals surface area (Å²) in [5.41, 5.74) is 2.18. The minimum absolute atomic E-state index is 0.0678. The summed E-state index contributed by atoms with van der Waals surface area (Å²) in [6.45, 7) is 9.03. The van der Waals surface area contributed by atoms with E-state index < -0.39 is 11.6 Å². The second kappa shape index (κ2) is 12.1. The summed E-state index contributed by atoms with van der Waals surface area (Å²) in [6.07, 6.45) is 5.09. The summed E-state index contributed by atoms with van der Waals surface area (Å²) in [5.74, 6) is -0.798. The number of rotatable bonds is 9. The van der Waals surface area contributed by atoms with Crippen molar-refractivity contribution in [1.82, 2.24) is 10.2 Å². The number of halogens is 1. The molecule has 0 bridgehead atoms. The number of carboxylic acids is 1. The Morgan fingerprint density at radius 3 is 2.40 bits per heavy atom. The first kappa shape index (κ1) is 29.8. The van der Waals surface area contributed by atoms with E-state index in [0.717, 1.165) is 49.7 Å². The molecule has 2 aromatic carbocycles. The van der Waals surface area contributed by atoms with E-state index in [4.69, 9.17) is 21.7 Å². The van der Waals surface area contributed by atoms with Crippen molar-refractivity contribution in [3.05, 3.63) is 70.2 Å². The van der Waals surface area contributed by atoms with Crippen molar-refractivity contribution in [1.29, 1.82) is 0 Å². The first-order valence-corrected chi connectivity index (χ1v) is 14.6. The Morgan fingerprint density at radius 2 is 1.82 bits per heavy atom. The molecular weight excluding hydrogens is 526 g/mol. The third-order valence-electron chi connectivity index (χ3n) is 8.35. The number of amides is 2. The average Bonchev–Trinajstić information content (AvgIpc) is 3.18. The zero-order chi connectivity index (χ0) is 29.1. The average molecular weight is 566 g/mol. The lowest BCUT2D eigenvalue weighted by Gasteiger charge is -2.47. The van der Waals surface area contributed by atoms with E-state index in [0.29, 0.717) is 22.2 Å². The summed E-state index contributed by atoms with van der Waals surface area (Å²) in [4.78, 5) is 44.8. The van der Waals surface area contributed by atoms with Crippen LogP contribution >= 0.6 is 11.6 Å². The maximum absolute atomic E-state index is 14.2. The van der Waals surface area contributed by atoms with Gasteiger partial charge in [0.15, 0.2) is 0 Å². The summed E-state index contributed by atoms with van der Waals surface area (Å²) in [7, 11) is 0. The molecule has 2 aromatic rings. The highest BCUT2D eigenvalue weighted by Crippen LogP contribution is 2.49. The van der Waals surface area contributed by atoms with Crippen LogP contribution in [0.4, 0.5) is 0 Å². The molecule has 8 heteroatoms. The highest BCUT2D eigenvalue weighted by Gasteiger charge is 2.52. The third kappa shape index (κ3) is 6.41. The normalized spacial score (nSPS) is 21.8. The van der Waals surface area contributed by atoms with Crippen molar-refractivity contribution in [2.24, 2.45) is 16.3 Å². The lowest BCUT2D eigenvalue weighted by molar-refractivity contribution is -0.137. The summed E-state index contributed by atoms with van der Waals surface area (Å²) >= 11 is 6.31. The van der Waals surface area contributed by atoms with Crippen LogP contribution in [0, 0.1) is 11.3 Å². The highest BCUT2D eigenvalue weighted by molar-refractivity contribution is 6.47. The number of carbonyl (C=O) groups excluding carboxylic acids is 2. The number of carbonyl (C=O) groups is 3. The van der Waals surface area contributed by atoms with Gasteiger partial charge >= 0.3 is 5.97 Å². The van der Waals surface area contributed by atoms with Gasteiger partial charge in [0.25, 0.3) is 11.8 Å². The highest BCUT2D eigenvalue weighted by atomic mass is 35.5. The van der Waals surface area contributed by atoms with E-state index in [2.05, 4.69) is 33.0 Å². The first-order valence-electron chi connectivity index (χ1n) is 14.2. The Morgan fingerprint density at radius 1 is 1.15 bits per heavy atom. The topological polar surface area (TPSA) is 99.1 Å².